The Morgan fingerprint density at radius 2 is 1.91 bits per heavy atom. The highest BCUT2D eigenvalue weighted by Gasteiger charge is 1.99. The number of nitrogens with one attached hydrogen (secondary N) is 2. The molecule has 5 nitrogen and oxygen atoms in total. The van der Waals surface area contributed by atoms with Crippen molar-refractivity contribution in [1.29, 1.82) is 0 Å². The van der Waals surface area contributed by atoms with Crippen molar-refractivity contribution in [3.63, 3.8) is 0 Å². The molecule has 5 heteroatoms. The van der Waals surface area contributed by atoms with Crippen LogP contribution in [0, 0.1) is 0 Å². The first-order valence-electron chi connectivity index (χ1n) is 8.37. The van der Waals surface area contributed by atoms with Gasteiger partial charge in [0.2, 0.25) is 0 Å². The van der Waals surface area contributed by atoms with E-state index >= 15 is 0 Å². The van der Waals surface area contributed by atoms with Crippen LogP contribution in [0.2, 0.25) is 0 Å². The Hall–Kier alpha value is -2.30. The van der Waals surface area contributed by atoms with Crippen LogP contribution in [0.3, 0.4) is 0 Å². The summed E-state index contributed by atoms with van der Waals surface area (Å²) in [5.41, 5.74) is 2.38. The van der Waals surface area contributed by atoms with E-state index in [1.807, 2.05) is 24.0 Å². The Morgan fingerprint density at radius 3 is 2.57 bits per heavy atom. The highest BCUT2D eigenvalue weighted by atomic mass is 15.3. The summed E-state index contributed by atoms with van der Waals surface area (Å²) >= 11 is 0. The maximum Gasteiger partial charge on any atom is 0.190 e. The monoisotopic (exact) mass is 313 g/mol. The van der Waals surface area contributed by atoms with E-state index < -0.39 is 0 Å². The number of hydrogen-bond acceptors (Lipinski definition) is 2. The van der Waals surface area contributed by atoms with Gasteiger partial charge in [-0.05, 0) is 36.6 Å². The van der Waals surface area contributed by atoms with E-state index in [1.165, 1.54) is 24.8 Å². The molecule has 0 radical (unpaired) electrons. The molecule has 0 unspecified atom stereocenters. The molecule has 0 aliphatic rings. The second kappa shape index (κ2) is 9.66. The van der Waals surface area contributed by atoms with Crippen LogP contribution in [0.5, 0.6) is 0 Å². The number of benzene rings is 1. The fourth-order valence-electron chi connectivity index (χ4n) is 2.36. The molecule has 2 N–H and O–H groups in total. The zero-order chi connectivity index (χ0) is 16.3. The van der Waals surface area contributed by atoms with Crippen LogP contribution in [-0.4, -0.2) is 35.9 Å². The standard InChI is InChI=1S/C18H27N5/c1-3-4-5-12-20-18(19-2)21-14-11-16-7-9-17(10-8-16)23-15-6-13-22-23/h6-10,13,15H,3-5,11-12,14H2,1-2H3,(H2,19,20,21). The molecule has 0 saturated carbocycles. The third-order valence-electron chi connectivity index (χ3n) is 3.71. The van der Waals surface area contributed by atoms with E-state index in [9.17, 15) is 0 Å². The molecular formula is C18H27N5. The highest BCUT2D eigenvalue weighted by molar-refractivity contribution is 5.79. The van der Waals surface area contributed by atoms with Crippen LogP contribution in [-0.2, 0) is 6.42 Å². The van der Waals surface area contributed by atoms with Crippen molar-refractivity contribution in [2.45, 2.75) is 32.6 Å². The average Bonchev–Trinajstić information content (AvgIpc) is 3.12. The second-order valence-electron chi connectivity index (χ2n) is 5.50. The van der Waals surface area contributed by atoms with E-state index in [2.05, 4.69) is 51.9 Å². The predicted octanol–water partition coefficient (Wildman–Crippen LogP) is 2.77. The van der Waals surface area contributed by atoms with Crippen LogP contribution >= 0.6 is 0 Å². The maximum absolute atomic E-state index is 4.25. The molecule has 0 aliphatic heterocycles. The smallest absolute Gasteiger partial charge is 0.190 e. The Labute approximate surface area is 138 Å². The van der Waals surface area contributed by atoms with E-state index in [0.717, 1.165) is 31.2 Å². The third-order valence-corrected chi connectivity index (χ3v) is 3.71. The van der Waals surface area contributed by atoms with Crippen LogP contribution in [0.1, 0.15) is 31.7 Å². The molecule has 1 aromatic heterocycles. The van der Waals surface area contributed by atoms with Gasteiger partial charge >= 0.3 is 0 Å². The van der Waals surface area contributed by atoms with Gasteiger partial charge in [0.05, 0.1) is 5.69 Å². The molecule has 0 spiro atoms. The van der Waals surface area contributed by atoms with Gasteiger partial charge in [-0.15, -0.1) is 0 Å². The van der Waals surface area contributed by atoms with Gasteiger partial charge in [-0.1, -0.05) is 31.9 Å². The first-order valence-corrected chi connectivity index (χ1v) is 8.37. The Bertz CT molecular complexity index is 572. The SMILES string of the molecule is CCCCCNC(=NC)NCCc1ccc(-n2cccn2)cc1. The first kappa shape index (κ1) is 17.1. The van der Waals surface area contributed by atoms with Gasteiger partial charge < -0.3 is 10.6 Å². The normalized spacial score (nSPS) is 11.5. The van der Waals surface area contributed by atoms with Crippen LogP contribution in [0.4, 0.5) is 0 Å². The molecule has 1 heterocycles. The summed E-state index contributed by atoms with van der Waals surface area (Å²) in [7, 11) is 1.81. The number of hydrogen-bond donors (Lipinski definition) is 2. The molecule has 1 aromatic carbocycles. The van der Waals surface area contributed by atoms with Crippen LogP contribution in [0.15, 0.2) is 47.7 Å². The topological polar surface area (TPSA) is 54.2 Å². The molecule has 23 heavy (non-hydrogen) atoms. The maximum atomic E-state index is 4.25. The minimum absolute atomic E-state index is 0.870. The van der Waals surface area contributed by atoms with Crippen molar-refractivity contribution in [3.8, 4) is 5.69 Å². The Morgan fingerprint density at radius 1 is 1.13 bits per heavy atom. The largest absolute Gasteiger partial charge is 0.356 e. The molecule has 2 aromatic rings. The number of guanidine groups is 1. The molecule has 0 bridgehead atoms. The van der Waals surface area contributed by atoms with Gasteiger partial charge in [-0.25, -0.2) is 4.68 Å². The zero-order valence-corrected chi connectivity index (χ0v) is 14.1. The van der Waals surface area contributed by atoms with Crippen molar-refractivity contribution in [2.24, 2.45) is 4.99 Å². The molecule has 124 valence electrons. The third kappa shape index (κ3) is 5.77. The number of unbranched alkanes of at least 4 members (excludes halogenated alkanes) is 2. The van der Waals surface area contributed by atoms with E-state index in [1.54, 1.807) is 6.20 Å². The number of nitrogens with zero attached hydrogens (tertiary/aromatic N) is 3. The summed E-state index contributed by atoms with van der Waals surface area (Å²) in [4.78, 5) is 4.25. The molecule has 0 fully saturated rings. The molecule has 0 atom stereocenters. The predicted molar refractivity (Wildman–Crippen MR) is 96.2 cm³/mol. The number of aliphatic imine (C=N–C) groups is 1. The molecule has 2 rings (SSSR count). The van der Waals surface area contributed by atoms with Gasteiger partial charge in [0.1, 0.15) is 0 Å². The summed E-state index contributed by atoms with van der Waals surface area (Å²) in [5, 5.41) is 10.9. The summed E-state index contributed by atoms with van der Waals surface area (Å²) < 4.78 is 1.87. The van der Waals surface area contributed by atoms with Gasteiger partial charge in [0.25, 0.3) is 0 Å². The van der Waals surface area contributed by atoms with Crippen molar-refractivity contribution in [3.05, 3.63) is 48.3 Å². The van der Waals surface area contributed by atoms with Gasteiger partial charge in [0, 0.05) is 32.5 Å². The van der Waals surface area contributed by atoms with Crippen molar-refractivity contribution < 1.29 is 0 Å². The lowest BCUT2D eigenvalue weighted by Gasteiger charge is -2.12. The Balaban J connectivity index is 1.73. The van der Waals surface area contributed by atoms with Gasteiger partial charge in [-0.2, -0.15) is 5.10 Å². The summed E-state index contributed by atoms with van der Waals surface area (Å²) in [6.07, 6.45) is 8.39. The fourth-order valence-corrected chi connectivity index (χ4v) is 2.36. The molecule has 0 aliphatic carbocycles. The zero-order valence-electron chi connectivity index (χ0n) is 14.1. The van der Waals surface area contributed by atoms with Crippen LogP contribution in [0.25, 0.3) is 5.69 Å². The molecule has 0 saturated heterocycles. The van der Waals surface area contributed by atoms with E-state index in [-0.39, 0.29) is 0 Å². The lowest BCUT2D eigenvalue weighted by atomic mass is 10.1. The molecular weight excluding hydrogens is 286 g/mol. The quantitative estimate of drug-likeness (QED) is 0.448. The number of rotatable bonds is 8. The second-order valence-corrected chi connectivity index (χ2v) is 5.50. The summed E-state index contributed by atoms with van der Waals surface area (Å²) in [5.74, 6) is 0.884. The summed E-state index contributed by atoms with van der Waals surface area (Å²) in [6, 6.07) is 10.4. The first-order chi connectivity index (χ1) is 11.3. The minimum Gasteiger partial charge on any atom is -0.356 e. The molecule has 0 amide bonds. The Kier molecular flexibility index (Phi) is 7.17. The summed E-state index contributed by atoms with van der Waals surface area (Å²) in [6.45, 7) is 4.06. The van der Waals surface area contributed by atoms with Crippen molar-refractivity contribution in [1.82, 2.24) is 20.4 Å². The number of aromatic nitrogens is 2. The van der Waals surface area contributed by atoms with Gasteiger partial charge in [-0.3, -0.25) is 4.99 Å². The van der Waals surface area contributed by atoms with Crippen molar-refractivity contribution in [2.75, 3.05) is 20.1 Å². The minimum atomic E-state index is 0.870. The van der Waals surface area contributed by atoms with E-state index in [4.69, 9.17) is 0 Å². The van der Waals surface area contributed by atoms with Crippen molar-refractivity contribution >= 4 is 5.96 Å². The van der Waals surface area contributed by atoms with Gasteiger partial charge in [0.15, 0.2) is 5.96 Å². The average molecular weight is 313 g/mol. The lowest BCUT2D eigenvalue weighted by molar-refractivity contribution is 0.682. The van der Waals surface area contributed by atoms with Crippen LogP contribution < -0.4 is 10.6 Å². The van der Waals surface area contributed by atoms with E-state index in [0.29, 0.717) is 0 Å². The lowest BCUT2D eigenvalue weighted by Crippen LogP contribution is -2.38. The fraction of sp³-hybridized carbons (Fsp3) is 0.444. The highest BCUT2D eigenvalue weighted by Crippen LogP contribution is 2.08.